The van der Waals surface area contributed by atoms with Crippen LogP contribution in [0, 0.1) is 18.0 Å². The second kappa shape index (κ2) is 10.3. The van der Waals surface area contributed by atoms with Gasteiger partial charge in [0, 0.05) is 32.5 Å². The molecule has 149 valence electrons. The molecule has 0 aliphatic carbocycles. The van der Waals surface area contributed by atoms with Crippen LogP contribution in [0.15, 0.2) is 48.8 Å². The van der Waals surface area contributed by atoms with Crippen LogP contribution in [0.25, 0.3) is 11.3 Å². The van der Waals surface area contributed by atoms with E-state index in [0.29, 0.717) is 5.69 Å². The Labute approximate surface area is 176 Å². The Kier molecular flexibility index (Phi) is 8.68. The zero-order chi connectivity index (χ0) is 20.0. The van der Waals surface area contributed by atoms with Gasteiger partial charge >= 0.3 is 5.97 Å². The molecule has 3 rings (SSSR count). The van der Waals surface area contributed by atoms with Gasteiger partial charge in [-0.05, 0) is 23.0 Å². The zero-order valence-electron chi connectivity index (χ0n) is 15.4. The molecule has 0 fully saturated rings. The van der Waals surface area contributed by atoms with Gasteiger partial charge in [0.05, 0.1) is 8.07 Å². The fourth-order valence-electron chi connectivity index (χ4n) is 2.03. The Bertz CT molecular complexity index is 921. The average Bonchev–Trinajstić information content (AvgIpc) is 2.62. The Hall–Kier alpha value is -2.35. The van der Waals surface area contributed by atoms with Crippen molar-refractivity contribution < 1.29 is 38.8 Å². The van der Waals surface area contributed by atoms with Gasteiger partial charge in [-0.1, -0.05) is 49.5 Å². The average molecular weight is 579 g/mol. The number of hydrogen-bond donors (Lipinski definition) is 1. The quantitative estimate of drug-likeness (QED) is 0.293. The maximum Gasteiger partial charge on any atom is 0.354 e. The predicted molar refractivity (Wildman–Crippen MR) is 100 cm³/mol. The van der Waals surface area contributed by atoms with Crippen molar-refractivity contribution in [2.24, 2.45) is 0 Å². The molecule has 0 saturated carbocycles. The molecule has 0 unspecified atom stereocenters. The van der Waals surface area contributed by atoms with Gasteiger partial charge in [-0.3, -0.25) is 4.98 Å². The summed E-state index contributed by atoms with van der Waals surface area (Å²) in [5.41, 5.74) is 0.595. The van der Waals surface area contributed by atoms with Gasteiger partial charge in [-0.15, -0.1) is 6.07 Å². The molecule has 1 radical (unpaired) electrons. The number of hydrogen-bond acceptors (Lipinski definition) is 4. The number of carboxylic acid groups (broad SMARTS) is 1. The molecule has 1 N–H and O–H groups in total. The summed E-state index contributed by atoms with van der Waals surface area (Å²) >= 11 is 0. The van der Waals surface area contributed by atoms with Gasteiger partial charge in [0.25, 0.3) is 0 Å². The predicted octanol–water partition coefficient (Wildman–Crippen LogP) is 3.54. The molecule has 9 heteroatoms. The van der Waals surface area contributed by atoms with E-state index in [9.17, 15) is 13.6 Å². The minimum atomic E-state index is -1.42. The van der Waals surface area contributed by atoms with Crippen LogP contribution < -0.4 is 5.19 Å². The molecule has 3 heterocycles. The molecule has 0 saturated heterocycles. The number of aromatic nitrogens is 3. The Morgan fingerprint density at radius 2 is 1.82 bits per heavy atom. The van der Waals surface area contributed by atoms with Gasteiger partial charge in [0.1, 0.15) is 17.6 Å². The van der Waals surface area contributed by atoms with E-state index in [2.05, 4.69) is 40.7 Å². The van der Waals surface area contributed by atoms with Crippen molar-refractivity contribution in [1.82, 2.24) is 15.0 Å². The van der Waals surface area contributed by atoms with Crippen molar-refractivity contribution in [1.29, 1.82) is 0 Å². The van der Waals surface area contributed by atoms with E-state index < -0.39 is 25.9 Å². The first-order valence-corrected chi connectivity index (χ1v) is 11.5. The Balaban J connectivity index is 0.000000332. The molecule has 3 aromatic rings. The molecule has 0 aliphatic heterocycles. The van der Waals surface area contributed by atoms with E-state index >= 15 is 0 Å². The molecule has 0 amide bonds. The second-order valence-corrected chi connectivity index (χ2v) is 11.7. The maximum absolute atomic E-state index is 13.5. The van der Waals surface area contributed by atoms with Crippen LogP contribution in [0.2, 0.25) is 19.6 Å². The van der Waals surface area contributed by atoms with Crippen molar-refractivity contribution in [2.75, 3.05) is 0 Å². The standard InChI is InChI=1S/C13H13F2N2Si.C6H5NO2.Ir/c1-18(2,3)9-4-6-11(16-8-9)10-5-7-12(14)17-13(10)15;8-6(9)5-3-1-2-4-7-5;/h4,6-8H,1-3H3;1-4H,(H,8,9);/q-1;;. The van der Waals surface area contributed by atoms with E-state index in [-0.39, 0.29) is 31.4 Å². The Morgan fingerprint density at radius 1 is 1.11 bits per heavy atom. The number of nitrogens with zero attached hydrogens (tertiary/aromatic N) is 3. The summed E-state index contributed by atoms with van der Waals surface area (Å²) in [6.45, 7) is 6.61. The molecule has 3 aromatic heterocycles. The van der Waals surface area contributed by atoms with Crippen LogP contribution >= 0.6 is 0 Å². The van der Waals surface area contributed by atoms with Crippen molar-refractivity contribution >= 4 is 19.2 Å². The minimum Gasteiger partial charge on any atom is -0.477 e. The van der Waals surface area contributed by atoms with Crippen LogP contribution in [-0.4, -0.2) is 34.1 Å². The maximum atomic E-state index is 13.5. The molecule has 0 aliphatic rings. The summed E-state index contributed by atoms with van der Waals surface area (Å²) in [5.74, 6) is -2.76. The first-order valence-electron chi connectivity index (χ1n) is 8.03. The molecule has 0 spiro atoms. The van der Waals surface area contributed by atoms with E-state index in [1.807, 2.05) is 6.07 Å². The fraction of sp³-hybridized carbons (Fsp3) is 0.158. The fourth-order valence-corrected chi connectivity index (χ4v) is 3.06. The number of carbonyl (C=O) groups is 1. The number of pyridine rings is 3. The third-order valence-electron chi connectivity index (χ3n) is 3.52. The third kappa shape index (κ3) is 6.67. The van der Waals surface area contributed by atoms with Crippen molar-refractivity contribution in [3.8, 4) is 11.3 Å². The van der Waals surface area contributed by atoms with Crippen LogP contribution in [0.4, 0.5) is 8.78 Å². The van der Waals surface area contributed by atoms with Crippen LogP contribution in [0.5, 0.6) is 0 Å². The second-order valence-electron chi connectivity index (χ2n) is 6.59. The normalized spacial score (nSPS) is 10.3. The van der Waals surface area contributed by atoms with Gasteiger partial charge in [-0.25, -0.2) is 18.6 Å². The van der Waals surface area contributed by atoms with E-state index in [4.69, 9.17) is 5.11 Å². The number of carboxylic acids is 1. The largest absolute Gasteiger partial charge is 0.477 e. The molecule has 0 aromatic carbocycles. The van der Waals surface area contributed by atoms with Gasteiger partial charge in [-0.2, -0.15) is 0 Å². The topological polar surface area (TPSA) is 76.0 Å². The molecule has 0 bridgehead atoms. The minimum absolute atomic E-state index is 0. The smallest absolute Gasteiger partial charge is 0.354 e. The van der Waals surface area contributed by atoms with Crippen molar-refractivity contribution in [2.45, 2.75) is 19.6 Å². The summed E-state index contributed by atoms with van der Waals surface area (Å²) in [6, 6.07) is 11.9. The molecular weight excluding hydrogens is 561 g/mol. The van der Waals surface area contributed by atoms with Gasteiger partial charge < -0.3 is 10.1 Å². The molecule has 5 nitrogen and oxygen atoms in total. The van der Waals surface area contributed by atoms with Crippen molar-refractivity contribution in [3.63, 3.8) is 0 Å². The summed E-state index contributed by atoms with van der Waals surface area (Å²) in [5, 5.41) is 9.50. The number of rotatable bonds is 3. The van der Waals surface area contributed by atoms with E-state index in [0.717, 1.165) is 6.07 Å². The molecule has 28 heavy (non-hydrogen) atoms. The monoisotopic (exact) mass is 579 g/mol. The van der Waals surface area contributed by atoms with Gasteiger partial charge in [0.2, 0.25) is 0 Å². The summed E-state index contributed by atoms with van der Waals surface area (Å²) < 4.78 is 26.1. The van der Waals surface area contributed by atoms with Crippen LogP contribution in [0.3, 0.4) is 0 Å². The summed E-state index contributed by atoms with van der Waals surface area (Å²) in [4.78, 5) is 21.0. The number of aromatic carboxylic acids is 1. The van der Waals surface area contributed by atoms with Crippen LogP contribution in [-0.2, 0) is 20.1 Å². The molecule has 0 atom stereocenters. The zero-order valence-corrected chi connectivity index (χ0v) is 18.8. The first-order chi connectivity index (χ1) is 12.7. The summed E-state index contributed by atoms with van der Waals surface area (Å²) in [7, 11) is -1.42. The summed E-state index contributed by atoms with van der Waals surface area (Å²) in [6.07, 6.45) is 3.20. The van der Waals surface area contributed by atoms with Crippen LogP contribution in [0.1, 0.15) is 10.5 Å². The number of halogens is 2. The van der Waals surface area contributed by atoms with Crippen molar-refractivity contribution in [3.05, 3.63) is 72.4 Å². The molecular formula is C19H18F2IrN3O2Si-. The van der Waals surface area contributed by atoms with Gasteiger partial charge in [0.15, 0.2) is 0 Å². The SMILES string of the molecule is C[Si](C)(C)c1ccc(-c2[c-]cc(F)nc2F)nc1.O=C(O)c1ccccn1.[Ir]. The van der Waals surface area contributed by atoms with E-state index in [1.54, 1.807) is 24.4 Å². The Morgan fingerprint density at radius 3 is 2.25 bits per heavy atom. The third-order valence-corrected chi connectivity index (χ3v) is 5.54. The van der Waals surface area contributed by atoms with E-state index in [1.165, 1.54) is 17.4 Å². The first kappa shape index (κ1) is 23.7.